The molecule has 0 spiro atoms. The van der Waals surface area contributed by atoms with Crippen LogP contribution in [-0.4, -0.2) is 73.0 Å². The Hall–Kier alpha value is -4.46. The number of amides is 1. The number of piperidine rings is 1. The number of anilines is 3. The van der Waals surface area contributed by atoms with Gasteiger partial charge in [0.15, 0.2) is 23.2 Å². The molecule has 3 N–H and O–H groups in total. The number of nitrogens with one attached hydrogen (secondary N) is 3. The molecule has 1 aromatic heterocycles. The Morgan fingerprint density at radius 2 is 1.76 bits per heavy atom. The summed E-state index contributed by atoms with van der Waals surface area (Å²) in [5, 5.41) is 8.82. The fourth-order valence-electron chi connectivity index (χ4n) is 4.31. The van der Waals surface area contributed by atoms with E-state index in [0.29, 0.717) is 17.0 Å². The van der Waals surface area contributed by atoms with Crippen LogP contribution in [0.15, 0.2) is 30.5 Å². The highest BCUT2D eigenvalue weighted by molar-refractivity contribution is 5.98. The molecule has 1 fully saturated rings. The minimum absolute atomic E-state index is 0.0644. The van der Waals surface area contributed by atoms with Gasteiger partial charge in [-0.25, -0.2) is 13.8 Å². The zero-order chi connectivity index (χ0) is 30.4. The highest BCUT2D eigenvalue weighted by Crippen LogP contribution is 2.29. The van der Waals surface area contributed by atoms with Gasteiger partial charge in [-0.05, 0) is 58.1 Å². The Labute approximate surface area is 239 Å². The Morgan fingerprint density at radius 1 is 1.07 bits per heavy atom. The van der Waals surface area contributed by atoms with Crippen molar-refractivity contribution < 1.29 is 36.6 Å². The molecule has 1 aliphatic rings. The molecule has 14 heteroatoms. The molecule has 0 aliphatic carbocycles. The Kier molecular flexibility index (Phi) is 9.78. The van der Waals surface area contributed by atoms with Crippen LogP contribution in [0.3, 0.4) is 0 Å². The lowest BCUT2D eigenvalue weighted by molar-refractivity contribution is 0.0916. The Morgan fingerprint density at radius 3 is 2.40 bits per heavy atom. The van der Waals surface area contributed by atoms with Gasteiger partial charge >= 0.3 is 0 Å². The van der Waals surface area contributed by atoms with Crippen molar-refractivity contribution in [2.45, 2.75) is 25.8 Å². The predicted octanol–water partition coefficient (Wildman–Crippen LogP) is 4.30. The average Bonchev–Trinajstić information content (AvgIpc) is 2.97. The van der Waals surface area contributed by atoms with Crippen molar-refractivity contribution in [1.82, 2.24) is 20.2 Å². The lowest BCUT2D eigenvalue weighted by Crippen LogP contribution is -2.43. The van der Waals surface area contributed by atoms with Crippen LogP contribution in [-0.2, 0) is 0 Å². The molecule has 1 saturated heterocycles. The maximum absolute atomic E-state index is 13.8. The van der Waals surface area contributed by atoms with Gasteiger partial charge in [0.1, 0.15) is 18.2 Å². The lowest BCUT2D eigenvalue weighted by Gasteiger charge is -2.29. The van der Waals surface area contributed by atoms with Crippen LogP contribution in [0.2, 0.25) is 0 Å². The number of hydrogen-bond donors (Lipinski definition) is 3. The standard InChI is InChI=1S/C28H30F4N6O4/c1-15(39)18-14-34-28(37-26(18)33-8-11-42-25-23(31)19(29)13-20(30)24(25)32)36-21-5-4-16(12-22(21)41-3)27(40)35-17-6-9-38(2)10-7-17/h4-5,12-14,17H,6-11H2,1-3H3,(H,35,40)(H2,33,34,36,37). The molecule has 1 aliphatic heterocycles. The quantitative estimate of drug-likeness (QED) is 0.130. The second-order valence-corrected chi connectivity index (χ2v) is 9.68. The largest absolute Gasteiger partial charge is 0.495 e. The topological polar surface area (TPSA) is 118 Å². The molecule has 2 heterocycles. The summed E-state index contributed by atoms with van der Waals surface area (Å²) in [4.78, 5) is 35.6. The van der Waals surface area contributed by atoms with Gasteiger partial charge in [-0.3, -0.25) is 9.59 Å². The molecule has 10 nitrogen and oxygen atoms in total. The molecule has 0 radical (unpaired) electrons. The van der Waals surface area contributed by atoms with Crippen molar-refractivity contribution >= 4 is 29.1 Å². The third-order valence-corrected chi connectivity index (χ3v) is 6.64. The van der Waals surface area contributed by atoms with E-state index in [1.54, 1.807) is 18.2 Å². The summed E-state index contributed by atoms with van der Waals surface area (Å²) in [7, 11) is 3.49. The van der Waals surface area contributed by atoms with Crippen LogP contribution in [0.1, 0.15) is 40.5 Å². The predicted molar refractivity (Wildman–Crippen MR) is 147 cm³/mol. The smallest absolute Gasteiger partial charge is 0.251 e. The minimum atomic E-state index is -1.66. The van der Waals surface area contributed by atoms with Gasteiger partial charge in [-0.15, -0.1) is 0 Å². The number of carbonyl (C=O) groups is 2. The monoisotopic (exact) mass is 590 g/mol. The van der Waals surface area contributed by atoms with Gasteiger partial charge in [0.05, 0.1) is 24.9 Å². The zero-order valence-electron chi connectivity index (χ0n) is 23.2. The molecule has 224 valence electrons. The summed E-state index contributed by atoms with van der Waals surface area (Å²) >= 11 is 0. The molecular formula is C28H30F4N6O4. The van der Waals surface area contributed by atoms with Crippen LogP contribution in [0, 0.1) is 23.3 Å². The SMILES string of the molecule is COc1cc(C(=O)NC2CCN(C)CC2)ccc1Nc1ncc(C(C)=O)c(NCCOc2c(F)c(F)cc(F)c2F)n1. The Balaban J connectivity index is 1.43. The number of ether oxygens (including phenoxy) is 2. The first-order chi connectivity index (χ1) is 20.1. The summed E-state index contributed by atoms with van der Waals surface area (Å²) in [6.07, 6.45) is 3.01. The van der Waals surface area contributed by atoms with Gasteiger partial charge in [-0.2, -0.15) is 13.8 Å². The van der Waals surface area contributed by atoms with Crippen LogP contribution in [0.5, 0.6) is 11.5 Å². The van der Waals surface area contributed by atoms with Gasteiger partial charge in [0.2, 0.25) is 17.6 Å². The van der Waals surface area contributed by atoms with E-state index in [4.69, 9.17) is 9.47 Å². The number of hydrogen-bond acceptors (Lipinski definition) is 9. The number of halogens is 4. The van der Waals surface area contributed by atoms with Crippen molar-refractivity contribution in [3.63, 3.8) is 0 Å². The van der Waals surface area contributed by atoms with E-state index >= 15 is 0 Å². The molecule has 0 bridgehead atoms. The van der Waals surface area contributed by atoms with Crippen molar-refractivity contribution in [1.29, 1.82) is 0 Å². The van der Waals surface area contributed by atoms with Crippen molar-refractivity contribution in [3.8, 4) is 11.5 Å². The fraction of sp³-hybridized carbons (Fsp3) is 0.357. The first-order valence-electron chi connectivity index (χ1n) is 13.1. The molecule has 4 rings (SSSR count). The summed E-state index contributed by atoms with van der Waals surface area (Å²) in [6.45, 7) is 2.56. The number of methoxy groups -OCH3 is 1. The molecule has 0 atom stereocenters. The van der Waals surface area contributed by atoms with Gasteiger partial charge in [0, 0.05) is 23.9 Å². The molecule has 42 heavy (non-hydrogen) atoms. The molecule has 0 unspecified atom stereocenters. The highest BCUT2D eigenvalue weighted by atomic mass is 19.2. The lowest BCUT2D eigenvalue weighted by atomic mass is 10.0. The van der Waals surface area contributed by atoms with Gasteiger partial charge in [0.25, 0.3) is 5.91 Å². The first-order valence-corrected chi connectivity index (χ1v) is 13.1. The minimum Gasteiger partial charge on any atom is -0.495 e. The van der Waals surface area contributed by atoms with Crippen LogP contribution in [0.25, 0.3) is 0 Å². The molecular weight excluding hydrogens is 560 g/mol. The number of benzene rings is 2. The van der Waals surface area contributed by atoms with E-state index in [9.17, 15) is 27.2 Å². The average molecular weight is 591 g/mol. The number of ketones is 1. The number of Topliss-reactive ketones (excluding diaryl/α,β-unsaturated/α-hetero) is 1. The Bertz CT molecular complexity index is 1440. The molecule has 0 saturated carbocycles. The molecule has 1 amide bonds. The number of aromatic nitrogens is 2. The summed E-state index contributed by atoms with van der Waals surface area (Å²) in [6, 6.07) is 5.02. The van der Waals surface area contributed by atoms with Gasteiger partial charge in [-0.1, -0.05) is 0 Å². The molecule has 2 aromatic carbocycles. The summed E-state index contributed by atoms with van der Waals surface area (Å²) in [5.41, 5.74) is 0.970. The maximum Gasteiger partial charge on any atom is 0.251 e. The number of carbonyl (C=O) groups excluding carboxylic acids is 2. The van der Waals surface area contributed by atoms with Crippen molar-refractivity contribution in [3.05, 3.63) is 64.9 Å². The van der Waals surface area contributed by atoms with Crippen LogP contribution in [0.4, 0.5) is 35.0 Å². The second-order valence-electron chi connectivity index (χ2n) is 9.68. The van der Waals surface area contributed by atoms with E-state index in [1.165, 1.54) is 20.2 Å². The second kappa shape index (κ2) is 13.5. The van der Waals surface area contributed by atoms with E-state index in [-0.39, 0.29) is 47.7 Å². The van der Waals surface area contributed by atoms with Crippen LogP contribution >= 0.6 is 0 Å². The number of rotatable bonds is 11. The number of likely N-dealkylation sites (tertiary alicyclic amines) is 1. The van der Waals surface area contributed by atoms with E-state index in [2.05, 4.69) is 30.8 Å². The molecule has 3 aromatic rings. The normalized spacial score (nSPS) is 13.9. The summed E-state index contributed by atoms with van der Waals surface area (Å²) in [5.74, 6) is -7.80. The summed E-state index contributed by atoms with van der Waals surface area (Å²) < 4.78 is 64.9. The first kappa shape index (κ1) is 30.5. The van der Waals surface area contributed by atoms with Crippen LogP contribution < -0.4 is 25.4 Å². The van der Waals surface area contributed by atoms with Crippen molar-refractivity contribution in [2.24, 2.45) is 0 Å². The maximum atomic E-state index is 13.8. The van der Waals surface area contributed by atoms with E-state index in [1.807, 2.05) is 7.05 Å². The fourth-order valence-corrected chi connectivity index (χ4v) is 4.31. The third kappa shape index (κ3) is 7.24. The zero-order valence-corrected chi connectivity index (χ0v) is 23.2. The third-order valence-electron chi connectivity index (χ3n) is 6.64. The van der Waals surface area contributed by atoms with Crippen molar-refractivity contribution in [2.75, 3.05) is 51.0 Å². The highest BCUT2D eigenvalue weighted by Gasteiger charge is 2.22. The van der Waals surface area contributed by atoms with E-state index in [0.717, 1.165) is 25.9 Å². The van der Waals surface area contributed by atoms with E-state index < -0.39 is 35.6 Å². The van der Waals surface area contributed by atoms with Gasteiger partial charge < -0.3 is 30.3 Å². The number of nitrogens with zero attached hydrogens (tertiary/aromatic N) is 3.